The molecule has 0 spiro atoms. The topological polar surface area (TPSA) is 78.9 Å². The Labute approximate surface area is 401 Å². The predicted octanol–water partition coefficient (Wildman–Crippen LogP) is 18.0. The van der Waals surface area contributed by atoms with Crippen LogP contribution in [0.4, 0.5) is 0 Å². The molecule has 0 saturated carbocycles. The smallest absolute Gasteiger partial charge is 0.306 e. The van der Waals surface area contributed by atoms with Crippen LogP contribution in [0.2, 0.25) is 0 Å². The van der Waals surface area contributed by atoms with Gasteiger partial charge in [-0.1, -0.05) is 234 Å². The average molecular weight is 905 g/mol. The monoisotopic (exact) mass is 905 g/mol. The van der Waals surface area contributed by atoms with E-state index in [0.717, 1.165) is 83.5 Å². The normalized spacial score (nSPS) is 12.7. The fourth-order valence-corrected chi connectivity index (χ4v) is 7.35. The molecule has 0 bridgehead atoms. The van der Waals surface area contributed by atoms with Gasteiger partial charge in [-0.05, 0) is 83.5 Å². The van der Waals surface area contributed by atoms with Crippen molar-refractivity contribution in [2.45, 2.75) is 258 Å². The van der Waals surface area contributed by atoms with Gasteiger partial charge < -0.3 is 14.2 Å². The first-order chi connectivity index (χ1) is 32.0. The Bertz CT molecular complexity index is 1270. The summed E-state index contributed by atoms with van der Waals surface area (Å²) in [5.74, 6) is -0.996. The van der Waals surface area contributed by atoms with E-state index < -0.39 is 12.1 Å². The first-order valence-corrected chi connectivity index (χ1v) is 27.1. The molecule has 1 atom stereocenters. The zero-order chi connectivity index (χ0) is 47.2. The maximum absolute atomic E-state index is 12.7. The molecule has 1 unspecified atom stereocenters. The van der Waals surface area contributed by atoms with Crippen LogP contribution in [0.3, 0.4) is 0 Å². The summed E-state index contributed by atoms with van der Waals surface area (Å²) in [5.41, 5.74) is 0. The van der Waals surface area contributed by atoms with Crippen LogP contribution >= 0.6 is 0 Å². The molecule has 0 aliphatic heterocycles. The summed E-state index contributed by atoms with van der Waals surface area (Å²) >= 11 is 0. The lowest BCUT2D eigenvalue weighted by Gasteiger charge is -2.18. The SMILES string of the molecule is CC/C=C\C/C=C\C/C=C\C/C=C\CCC(=O)OC(COC(=O)CCCCCCCCCC/C=C\C/C=C\C/C=C\CCCCCCC)COC(=O)CCCCCCCCCCCCC. The van der Waals surface area contributed by atoms with Gasteiger partial charge in [-0.3, -0.25) is 14.4 Å². The van der Waals surface area contributed by atoms with Crippen LogP contribution in [0.25, 0.3) is 0 Å². The summed E-state index contributed by atoms with van der Waals surface area (Å²) in [6.45, 7) is 6.44. The number of carbonyl (C=O) groups is 3. The molecule has 0 aromatic carbocycles. The minimum Gasteiger partial charge on any atom is -0.462 e. The van der Waals surface area contributed by atoms with Crippen molar-refractivity contribution in [2.75, 3.05) is 13.2 Å². The summed E-state index contributed by atoms with van der Waals surface area (Å²) in [5, 5.41) is 0. The molecule has 0 rings (SSSR count). The van der Waals surface area contributed by atoms with E-state index in [1.54, 1.807) is 0 Å². The van der Waals surface area contributed by atoms with Crippen LogP contribution in [-0.4, -0.2) is 37.2 Å². The molecule has 0 fully saturated rings. The van der Waals surface area contributed by atoms with Gasteiger partial charge >= 0.3 is 17.9 Å². The van der Waals surface area contributed by atoms with Crippen LogP contribution in [-0.2, 0) is 28.6 Å². The molecular weight excluding hydrogens is 805 g/mol. The number of unbranched alkanes of at least 4 members (excludes halogenated alkanes) is 23. The lowest BCUT2D eigenvalue weighted by Crippen LogP contribution is -2.30. The highest BCUT2D eigenvalue weighted by Gasteiger charge is 2.19. The second kappa shape index (κ2) is 53.2. The molecule has 65 heavy (non-hydrogen) atoms. The van der Waals surface area contributed by atoms with E-state index in [1.807, 2.05) is 12.2 Å². The fourth-order valence-electron chi connectivity index (χ4n) is 7.35. The summed E-state index contributed by atoms with van der Waals surface area (Å²) in [6, 6.07) is 0. The zero-order valence-electron chi connectivity index (χ0n) is 42.5. The summed E-state index contributed by atoms with van der Waals surface area (Å²) in [7, 11) is 0. The highest BCUT2D eigenvalue weighted by Crippen LogP contribution is 2.14. The van der Waals surface area contributed by atoms with Crippen molar-refractivity contribution in [1.29, 1.82) is 0 Å². The highest BCUT2D eigenvalue weighted by atomic mass is 16.6. The third-order valence-corrected chi connectivity index (χ3v) is 11.4. The van der Waals surface area contributed by atoms with Crippen LogP contribution < -0.4 is 0 Å². The van der Waals surface area contributed by atoms with Gasteiger partial charge in [0.1, 0.15) is 13.2 Å². The molecule has 0 amide bonds. The van der Waals surface area contributed by atoms with E-state index in [4.69, 9.17) is 14.2 Å². The van der Waals surface area contributed by atoms with Gasteiger partial charge in [-0.25, -0.2) is 0 Å². The van der Waals surface area contributed by atoms with Crippen molar-refractivity contribution >= 4 is 17.9 Å². The third kappa shape index (κ3) is 51.4. The Morgan fingerprint density at radius 1 is 0.323 bits per heavy atom. The van der Waals surface area contributed by atoms with Gasteiger partial charge in [-0.15, -0.1) is 0 Å². The van der Waals surface area contributed by atoms with Crippen LogP contribution in [0.15, 0.2) is 85.1 Å². The van der Waals surface area contributed by atoms with Gasteiger partial charge in [0.15, 0.2) is 6.10 Å². The third-order valence-electron chi connectivity index (χ3n) is 11.4. The van der Waals surface area contributed by atoms with E-state index in [-0.39, 0.29) is 31.6 Å². The Kier molecular flexibility index (Phi) is 50.4. The van der Waals surface area contributed by atoms with Crippen LogP contribution in [0.5, 0.6) is 0 Å². The molecule has 0 N–H and O–H groups in total. The number of hydrogen-bond donors (Lipinski definition) is 0. The molecular formula is C59H100O6. The van der Waals surface area contributed by atoms with Gasteiger partial charge in [0.05, 0.1) is 0 Å². The van der Waals surface area contributed by atoms with Crippen molar-refractivity contribution in [3.8, 4) is 0 Å². The number of rotatable bonds is 48. The second-order valence-corrected chi connectivity index (χ2v) is 17.8. The molecule has 0 heterocycles. The minimum atomic E-state index is -0.815. The maximum Gasteiger partial charge on any atom is 0.306 e. The van der Waals surface area contributed by atoms with E-state index in [1.165, 1.54) is 122 Å². The number of esters is 3. The largest absolute Gasteiger partial charge is 0.462 e. The van der Waals surface area contributed by atoms with E-state index in [0.29, 0.717) is 19.3 Å². The molecule has 0 aliphatic carbocycles. The van der Waals surface area contributed by atoms with Crippen molar-refractivity contribution < 1.29 is 28.6 Å². The first-order valence-electron chi connectivity index (χ1n) is 27.1. The van der Waals surface area contributed by atoms with Crippen molar-refractivity contribution in [2.24, 2.45) is 0 Å². The molecule has 6 nitrogen and oxygen atoms in total. The average Bonchev–Trinajstić information content (AvgIpc) is 3.30. The summed E-state index contributed by atoms with van der Waals surface area (Å²) < 4.78 is 16.7. The fraction of sp³-hybridized carbons (Fsp3) is 0.712. The molecule has 0 radical (unpaired) electrons. The number of hydrogen-bond acceptors (Lipinski definition) is 6. The Hall–Kier alpha value is -3.41. The van der Waals surface area contributed by atoms with Crippen molar-refractivity contribution in [1.82, 2.24) is 0 Å². The Balaban J connectivity index is 4.36. The quantitative estimate of drug-likeness (QED) is 0.0262. The standard InChI is InChI=1S/C59H100O6/c1-4-7-10-13-16-19-22-24-25-26-27-28-29-30-31-32-33-35-37-40-43-46-49-52-58(61)64-55-56(54-63-57(60)51-48-45-42-39-36-21-18-15-12-9-6-3)65-59(62)53-50-47-44-41-38-34-23-20-17-14-11-8-5-2/h8,11,17,20,22,24,26-27,29-30,34,38,44,47,56H,4-7,9-10,12-16,18-19,21,23,25,28,31-33,35-37,39-43,45-46,48-55H2,1-3H3/b11-8-,20-17-,24-22-,27-26-,30-29-,38-34-,47-44-. The Morgan fingerprint density at radius 2 is 0.631 bits per heavy atom. The second-order valence-electron chi connectivity index (χ2n) is 17.8. The van der Waals surface area contributed by atoms with Gasteiger partial charge in [0, 0.05) is 19.3 Å². The highest BCUT2D eigenvalue weighted by molar-refractivity contribution is 5.71. The van der Waals surface area contributed by atoms with E-state index >= 15 is 0 Å². The molecule has 6 heteroatoms. The zero-order valence-corrected chi connectivity index (χ0v) is 42.5. The van der Waals surface area contributed by atoms with E-state index in [2.05, 4.69) is 93.7 Å². The van der Waals surface area contributed by atoms with Crippen LogP contribution in [0, 0.1) is 0 Å². The molecule has 0 aromatic rings. The minimum absolute atomic E-state index is 0.106. The number of allylic oxidation sites excluding steroid dienone is 14. The van der Waals surface area contributed by atoms with Crippen LogP contribution in [0.1, 0.15) is 252 Å². The molecule has 372 valence electrons. The molecule has 0 aromatic heterocycles. The van der Waals surface area contributed by atoms with Crippen molar-refractivity contribution in [3.05, 3.63) is 85.1 Å². The van der Waals surface area contributed by atoms with Crippen molar-refractivity contribution in [3.63, 3.8) is 0 Å². The summed E-state index contributed by atoms with van der Waals surface area (Å²) in [4.78, 5) is 37.9. The van der Waals surface area contributed by atoms with Gasteiger partial charge in [-0.2, -0.15) is 0 Å². The lowest BCUT2D eigenvalue weighted by molar-refractivity contribution is -0.166. The number of ether oxygens (including phenoxy) is 3. The van der Waals surface area contributed by atoms with E-state index in [9.17, 15) is 14.4 Å². The molecule has 0 aliphatic rings. The first kappa shape index (κ1) is 61.6. The number of carbonyl (C=O) groups excluding carboxylic acids is 3. The summed E-state index contributed by atoms with van der Waals surface area (Å²) in [6.07, 6.45) is 68.8. The maximum atomic E-state index is 12.7. The van der Waals surface area contributed by atoms with Gasteiger partial charge in [0.2, 0.25) is 0 Å². The van der Waals surface area contributed by atoms with Gasteiger partial charge in [0.25, 0.3) is 0 Å². The lowest BCUT2D eigenvalue weighted by atomic mass is 10.1. The predicted molar refractivity (Wildman–Crippen MR) is 279 cm³/mol. The Morgan fingerprint density at radius 3 is 1.00 bits per heavy atom. The molecule has 0 saturated heterocycles.